The van der Waals surface area contributed by atoms with E-state index in [2.05, 4.69) is 0 Å². The van der Waals surface area contributed by atoms with Crippen molar-refractivity contribution in [1.29, 1.82) is 0 Å². The molecule has 1 rings (SSSR count). The Labute approximate surface area is 73.2 Å². The van der Waals surface area contributed by atoms with Crippen molar-refractivity contribution in [3.8, 4) is 0 Å². The van der Waals surface area contributed by atoms with Crippen LogP contribution < -0.4 is 11.0 Å². The second kappa shape index (κ2) is 3.42. The lowest BCUT2D eigenvalue weighted by molar-refractivity contribution is 0.588. The molecule has 0 heterocycles. The fourth-order valence-electron chi connectivity index (χ4n) is 1.02. The maximum atomic E-state index is 11.6. The Morgan fingerprint density at radius 2 is 2.08 bits per heavy atom. The van der Waals surface area contributed by atoms with Crippen molar-refractivity contribution in [2.75, 3.05) is 13.3 Å². The van der Waals surface area contributed by atoms with Crippen LogP contribution in [0.15, 0.2) is 24.3 Å². The van der Waals surface area contributed by atoms with Crippen molar-refractivity contribution >= 4 is 12.4 Å². The van der Waals surface area contributed by atoms with Crippen molar-refractivity contribution in [2.45, 2.75) is 6.54 Å². The molecule has 1 aromatic rings. The van der Waals surface area contributed by atoms with Gasteiger partial charge in [0.15, 0.2) is 0 Å². The molecule has 1 aromatic carbocycles. The molecule has 0 fully saturated rings. The van der Waals surface area contributed by atoms with Crippen LogP contribution in [-0.2, 0) is 11.1 Å². The Kier molecular flexibility index (Phi) is 2.71. The van der Waals surface area contributed by atoms with E-state index in [1.807, 2.05) is 24.3 Å². The molecule has 0 aromatic heterocycles. The van der Waals surface area contributed by atoms with Crippen molar-refractivity contribution in [1.82, 2.24) is 0 Å². The minimum Gasteiger partial charge on any atom is -0.326 e. The molecule has 0 atom stereocenters. The summed E-state index contributed by atoms with van der Waals surface area (Å²) in [6.45, 7) is 4.04. The molecule has 0 aliphatic heterocycles. The van der Waals surface area contributed by atoms with Gasteiger partial charge >= 0.3 is 0 Å². The molecule has 0 radical (unpaired) electrons. The number of hydrogen-bond donors (Lipinski definition) is 1. The minimum absolute atomic E-state index is 0.508. The standard InChI is InChI=1S/C9H14NOP/c1-12(2,11)9-5-3-4-8(6-9)7-10/h3-6H,7,10H2,1-2H3. The van der Waals surface area contributed by atoms with E-state index in [0.29, 0.717) is 6.54 Å². The Bertz CT molecular complexity index is 316. The van der Waals surface area contributed by atoms with Gasteiger partial charge in [-0.25, -0.2) is 0 Å². The van der Waals surface area contributed by atoms with Crippen molar-refractivity contribution in [3.63, 3.8) is 0 Å². The van der Waals surface area contributed by atoms with Crippen molar-refractivity contribution < 1.29 is 4.57 Å². The molecule has 2 N–H and O–H groups in total. The zero-order valence-electron chi connectivity index (χ0n) is 7.45. The third-order valence-electron chi connectivity index (χ3n) is 1.77. The summed E-state index contributed by atoms with van der Waals surface area (Å²) in [6, 6.07) is 7.65. The number of benzene rings is 1. The molecule has 0 aliphatic rings. The molecular formula is C9H14NOP. The highest BCUT2D eigenvalue weighted by Crippen LogP contribution is 2.34. The van der Waals surface area contributed by atoms with Gasteiger partial charge in [-0.15, -0.1) is 0 Å². The Morgan fingerprint density at radius 1 is 1.42 bits per heavy atom. The fraction of sp³-hybridized carbons (Fsp3) is 0.333. The summed E-state index contributed by atoms with van der Waals surface area (Å²) in [6.07, 6.45) is 0. The molecule has 0 saturated heterocycles. The van der Waals surface area contributed by atoms with Crippen LogP contribution in [-0.4, -0.2) is 13.3 Å². The highest BCUT2D eigenvalue weighted by Gasteiger charge is 2.10. The number of hydrogen-bond acceptors (Lipinski definition) is 2. The van der Waals surface area contributed by atoms with Crippen LogP contribution in [0, 0.1) is 0 Å². The van der Waals surface area contributed by atoms with E-state index in [1.165, 1.54) is 0 Å². The first-order chi connectivity index (χ1) is 5.54. The third-order valence-corrected chi connectivity index (χ3v) is 3.29. The van der Waals surface area contributed by atoms with Gasteiger partial charge in [-0.3, -0.25) is 0 Å². The van der Waals surface area contributed by atoms with Crippen LogP contribution >= 0.6 is 7.14 Å². The van der Waals surface area contributed by atoms with Gasteiger partial charge in [-0.05, 0) is 25.0 Å². The average molecular weight is 183 g/mol. The number of rotatable bonds is 2. The normalized spacial score (nSPS) is 11.6. The zero-order chi connectivity index (χ0) is 9.19. The highest BCUT2D eigenvalue weighted by molar-refractivity contribution is 7.70. The van der Waals surface area contributed by atoms with Gasteiger partial charge < -0.3 is 10.3 Å². The summed E-state index contributed by atoms with van der Waals surface area (Å²) in [5.74, 6) is 0. The van der Waals surface area contributed by atoms with E-state index in [0.717, 1.165) is 10.9 Å². The largest absolute Gasteiger partial charge is 0.326 e. The monoisotopic (exact) mass is 183 g/mol. The lowest BCUT2D eigenvalue weighted by Crippen LogP contribution is -2.06. The summed E-state index contributed by atoms with van der Waals surface area (Å²) in [4.78, 5) is 0. The zero-order valence-corrected chi connectivity index (χ0v) is 8.34. The van der Waals surface area contributed by atoms with Crippen LogP contribution in [0.25, 0.3) is 0 Å². The second-order valence-corrected chi connectivity index (χ2v) is 6.44. The van der Waals surface area contributed by atoms with Crippen LogP contribution in [0.2, 0.25) is 0 Å². The lowest BCUT2D eigenvalue weighted by atomic mass is 10.2. The number of nitrogens with two attached hydrogens (primary N) is 1. The van der Waals surface area contributed by atoms with Crippen LogP contribution in [0.5, 0.6) is 0 Å². The van der Waals surface area contributed by atoms with Gasteiger partial charge in [0.2, 0.25) is 0 Å². The predicted molar refractivity (Wildman–Crippen MR) is 53.4 cm³/mol. The van der Waals surface area contributed by atoms with Crippen molar-refractivity contribution in [3.05, 3.63) is 29.8 Å². The van der Waals surface area contributed by atoms with Gasteiger partial charge in [-0.1, -0.05) is 18.2 Å². The molecule has 0 aliphatic carbocycles. The van der Waals surface area contributed by atoms with Gasteiger partial charge in [-0.2, -0.15) is 0 Å². The summed E-state index contributed by atoms with van der Waals surface area (Å²) in [7, 11) is -2.11. The smallest absolute Gasteiger partial charge is 0.109 e. The van der Waals surface area contributed by atoms with E-state index in [-0.39, 0.29) is 0 Å². The predicted octanol–water partition coefficient (Wildman–Crippen LogP) is 1.39. The maximum Gasteiger partial charge on any atom is 0.109 e. The van der Waals surface area contributed by atoms with Crippen LogP contribution in [0.3, 0.4) is 0 Å². The first kappa shape index (κ1) is 9.50. The van der Waals surface area contributed by atoms with Gasteiger partial charge in [0, 0.05) is 11.8 Å². The maximum absolute atomic E-state index is 11.6. The first-order valence-electron chi connectivity index (χ1n) is 3.88. The molecule has 2 nitrogen and oxygen atoms in total. The van der Waals surface area contributed by atoms with Gasteiger partial charge in [0.25, 0.3) is 0 Å². The van der Waals surface area contributed by atoms with E-state index in [4.69, 9.17) is 5.73 Å². The quantitative estimate of drug-likeness (QED) is 0.704. The van der Waals surface area contributed by atoms with Crippen LogP contribution in [0.1, 0.15) is 5.56 Å². The van der Waals surface area contributed by atoms with Crippen molar-refractivity contribution in [2.24, 2.45) is 5.73 Å². The molecule has 12 heavy (non-hydrogen) atoms. The summed E-state index contributed by atoms with van der Waals surface area (Å²) in [5.41, 5.74) is 6.51. The van der Waals surface area contributed by atoms with E-state index in [1.54, 1.807) is 13.3 Å². The summed E-state index contributed by atoms with van der Waals surface area (Å²) >= 11 is 0. The minimum atomic E-state index is -2.11. The van der Waals surface area contributed by atoms with E-state index < -0.39 is 7.14 Å². The molecule has 66 valence electrons. The lowest BCUT2D eigenvalue weighted by Gasteiger charge is -2.07. The molecule has 0 bridgehead atoms. The van der Waals surface area contributed by atoms with E-state index in [9.17, 15) is 4.57 Å². The van der Waals surface area contributed by atoms with Gasteiger partial charge in [0.1, 0.15) is 7.14 Å². The molecule has 0 spiro atoms. The summed E-state index contributed by atoms with van der Waals surface area (Å²) in [5, 5.41) is 0.908. The Balaban J connectivity index is 3.11. The SMILES string of the molecule is CP(C)(=O)c1cccc(CN)c1. The van der Waals surface area contributed by atoms with Gasteiger partial charge in [0.05, 0.1) is 0 Å². The molecule has 0 amide bonds. The Hall–Kier alpha value is -0.590. The van der Waals surface area contributed by atoms with Crippen LogP contribution in [0.4, 0.5) is 0 Å². The third kappa shape index (κ3) is 2.20. The molecular weight excluding hydrogens is 169 g/mol. The average Bonchev–Trinajstić information content (AvgIpc) is 2.03. The molecule has 0 saturated carbocycles. The highest BCUT2D eigenvalue weighted by atomic mass is 31.2. The fourth-order valence-corrected chi connectivity index (χ4v) is 1.94. The molecule has 0 unspecified atom stereocenters. The topological polar surface area (TPSA) is 43.1 Å². The van der Waals surface area contributed by atoms with E-state index >= 15 is 0 Å². The second-order valence-electron chi connectivity index (χ2n) is 3.22. The Morgan fingerprint density at radius 3 is 2.58 bits per heavy atom. The molecule has 3 heteroatoms. The first-order valence-corrected chi connectivity index (χ1v) is 6.48. The summed E-state index contributed by atoms with van der Waals surface area (Å²) < 4.78 is 11.6.